The molecule has 0 saturated carbocycles. The molecule has 0 radical (unpaired) electrons. The van der Waals surface area contributed by atoms with E-state index in [4.69, 9.17) is 9.47 Å². The van der Waals surface area contributed by atoms with E-state index >= 15 is 8.78 Å². The Morgan fingerprint density at radius 3 is 2.32 bits per heavy atom. The smallest absolute Gasteiger partial charge is 0.308 e. The summed E-state index contributed by atoms with van der Waals surface area (Å²) in [5, 5.41) is 4.14. The minimum absolute atomic E-state index is 0.0278. The number of nitrogens with zero attached hydrogens (tertiary/aromatic N) is 9. The van der Waals surface area contributed by atoms with Gasteiger partial charge in [-0.1, -0.05) is 0 Å². The topological polar surface area (TPSA) is 133 Å². The highest BCUT2D eigenvalue weighted by Gasteiger charge is 2.30. The number of halogens is 2. The van der Waals surface area contributed by atoms with Crippen molar-refractivity contribution in [3.05, 3.63) is 66.6 Å². The maximum atomic E-state index is 15.8. The van der Waals surface area contributed by atoms with E-state index in [1.807, 2.05) is 0 Å². The molecule has 0 N–H and O–H groups in total. The van der Waals surface area contributed by atoms with Gasteiger partial charge < -0.3 is 14.4 Å². The summed E-state index contributed by atoms with van der Waals surface area (Å²) in [5.41, 5.74) is 1.17. The number of aromatic nitrogens is 7. The zero-order chi connectivity index (χ0) is 29.5. The number of imidazole rings is 1. The number of anilines is 2. The maximum absolute atomic E-state index is 15.8. The summed E-state index contributed by atoms with van der Waals surface area (Å²) in [7, 11) is 2.91. The van der Waals surface area contributed by atoms with Gasteiger partial charge in [-0.2, -0.15) is 17.8 Å². The Hall–Kier alpha value is -4.70. The first-order valence-electron chi connectivity index (χ1n) is 12.0. The van der Waals surface area contributed by atoms with Crippen LogP contribution in [0.25, 0.3) is 22.4 Å². The molecule has 4 heterocycles. The Balaban J connectivity index is 1.72. The summed E-state index contributed by atoms with van der Waals surface area (Å²) in [5.74, 6) is -2.73. The van der Waals surface area contributed by atoms with Gasteiger partial charge in [-0.15, -0.1) is 0 Å². The van der Waals surface area contributed by atoms with Crippen LogP contribution < -0.4 is 14.4 Å². The highest BCUT2D eigenvalue weighted by atomic mass is 32.2. The highest BCUT2D eigenvalue weighted by Crippen LogP contribution is 2.40. The van der Waals surface area contributed by atoms with Gasteiger partial charge >= 0.3 is 10.2 Å². The van der Waals surface area contributed by atoms with Gasteiger partial charge in [0.25, 0.3) is 0 Å². The van der Waals surface area contributed by atoms with Gasteiger partial charge in [-0.3, -0.25) is 9.67 Å². The molecule has 0 amide bonds. The van der Waals surface area contributed by atoms with Gasteiger partial charge in [-0.05, 0) is 12.1 Å². The fourth-order valence-electron chi connectivity index (χ4n) is 4.08. The summed E-state index contributed by atoms with van der Waals surface area (Å²) in [4.78, 5) is 18.8. The lowest BCUT2D eigenvalue weighted by atomic mass is 10.2. The lowest BCUT2D eigenvalue weighted by molar-refractivity contribution is 0.358. The molecule has 0 unspecified atom stereocenters. The molecule has 5 rings (SSSR count). The Kier molecular flexibility index (Phi) is 7.27. The van der Waals surface area contributed by atoms with Crippen molar-refractivity contribution in [3.63, 3.8) is 0 Å². The third kappa shape index (κ3) is 5.02. The Morgan fingerprint density at radius 1 is 1.00 bits per heavy atom. The van der Waals surface area contributed by atoms with E-state index in [2.05, 4.69) is 25.0 Å². The van der Waals surface area contributed by atoms with Crippen molar-refractivity contribution in [2.45, 2.75) is 6.54 Å². The molecule has 0 aliphatic heterocycles. The molecule has 0 bridgehead atoms. The molecular formula is C25H25F2N9O4S. The van der Waals surface area contributed by atoms with Crippen molar-refractivity contribution < 1.29 is 26.7 Å². The average Bonchev–Trinajstić information content (AvgIpc) is 3.61. The number of ether oxygens (including phenoxy) is 2. The highest BCUT2D eigenvalue weighted by molar-refractivity contribution is 7.87. The second-order valence-electron chi connectivity index (χ2n) is 8.94. The molecule has 13 nitrogen and oxygen atoms in total. The Labute approximate surface area is 233 Å². The van der Waals surface area contributed by atoms with Crippen LogP contribution in [-0.4, -0.2) is 74.7 Å². The van der Waals surface area contributed by atoms with Crippen molar-refractivity contribution in [1.29, 1.82) is 0 Å². The molecule has 0 aliphatic rings. The molecule has 16 heteroatoms. The zero-order valence-corrected chi connectivity index (χ0v) is 23.5. The minimum atomic E-state index is -4.02. The van der Waals surface area contributed by atoms with Crippen molar-refractivity contribution in [2.24, 2.45) is 7.05 Å². The number of fused-ring (bicyclic) bond motifs is 1. The van der Waals surface area contributed by atoms with Crippen molar-refractivity contribution in [2.75, 3.05) is 33.2 Å². The fraction of sp³-hybridized carbons (Fsp3) is 0.240. The average molecular weight is 586 g/mol. The van der Waals surface area contributed by atoms with Crippen LogP contribution in [0.3, 0.4) is 0 Å². The molecule has 0 spiro atoms. The van der Waals surface area contributed by atoms with E-state index < -0.39 is 34.1 Å². The molecule has 0 atom stereocenters. The SMILES string of the molecule is COc1cc(OC)c(F)c(N(Cc2nccn2S(=O)(=O)N(C)C)c2ccc3ncc(-c4cnn(C)c4)nc3n2)c1F. The lowest BCUT2D eigenvalue weighted by Gasteiger charge is -2.26. The molecule has 4 aromatic heterocycles. The van der Waals surface area contributed by atoms with Crippen LogP contribution in [0.2, 0.25) is 0 Å². The lowest BCUT2D eigenvalue weighted by Crippen LogP contribution is -2.31. The summed E-state index contributed by atoms with van der Waals surface area (Å²) >= 11 is 0. The van der Waals surface area contributed by atoms with E-state index in [9.17, 15) is 8.42 Å². The third-order valence-electron chi connectivity index (χ3n) is 6.18. The predicted molar refractivity (Wildman–Crippen MR) is 145 cm³/mol. The number of pyridine rings is 1. The minimum Gasteiger partial charge on any atom is -0.493 e. The number of aryl methyl sites for hydroxylation is 1. The van der Waals surface area contributed by atoms with Crippen molar-refractivity contribution >= 4 is 32.9 Å². The monoisotopic (exact) mass is 585 g/mol. The number of rotatable bonds is 9. The van der Waals surface area contributed by atoms with Gasteiger partial charge in [0, 0.05) is 51.4 Å². The molecule has 214 valence electrons. The third-order valence-corrected chi connectivity index (χ3v) is 7.93. The standard InChI is InChI=1S/C25H25F2N9O4S/c1-33(2)41(37,38)36-9-8-28-21(36)14-35(24-22(26)18(39-4)10-19(40-5)23(24)27)20-7-6-16-25(32-20)31-17(12-29-16)15-11-30-34(3)13-15/h6-13H,14H2,1-5H3. The summed E-state index contributed by atoms with van der Waals surface area (Å²) in [6.07, 6.45) is 7.44. The van der Waals surface area contributed by atoms with E-state index in [0.717, 1.165) is 19.2 Å². The van der Waals surface area contributed by atoms with Gasteiger partial charge in [0.1, 0.15) is 22.8 Å². The molecule has 41 heavy (non-hydrogen) atoms. The Bertz CT molecular complexity index is 1830. The van der Waals surface area contributed by atoms with Gasteiger partial charge in [0.05, 0.1) is 38.9 Å². The van der Waals surface area contributed by atoms with E-state index in [1.54, 1.807) is 36.4 Å². The van der Waals surface area contributed by atoms with Crippen molar-refractivity contribution in [3.8, 4) is 22.8 Å². The van der Waals surface area contributed by atoms with Gasteiger partial charge in [0.15, 0.2) is 28.8 Å². The molecular weight excluding hydrogens is 560 g/mol. The van der Waals surface area contributed by atoms with E-state index in [1.165, 1.54) is 46.8 Å². The molecule has 0 saturated heterocycles. The summed E-state index contributed by atoms with van der Waals surface area (Å²) < 4.78 is 71.3. The van der Waals surface area contributed by atoms with Crippen LogP contribution >= 0.6 is 0 Å². The number of hydrogen-bond acceptors (Lipinski definition) is 10. The van der Waals surface area contributed by atoms with Crippen LogP contribution in [0.5, 0.6) is 11.5 Å². The normalized spacial score (nSPS) is 11.8. The molecule has 5 aromatic rings. The zero-order valence-electron chi connectivity index (χ0n) is 22.6. The first kappa shape index (κ1) is 27.9. The first-order valence-corrected chi connectivity index (χ1v) is 13.4. The van der Waals surface area contributed by atoms with E-state index in [0.29, 0.717) is 16.8 Å². The quantitative estimate of drug-likeness (QED) is 0.254. The van der Waals surface area contributed by atoms with Crippen LogP contribution in [0.1, 0.15) is 5.82 Å². The second kappa shape index (κ2) is 10.7. The van der Waals surface area contributed by atoms with Gasteiger partial charge in [-0.25, -0.2) is 27.7 Å². The number of benzene rings is 1. The van der Waals surface area contributed by atoms with Crippen LogP contribution in [-0.2, 0) is 23.8 Å². The Morgan fingerprint density at radius 2 is 1.71 bits per heavy atom. The molecule has 0 aliphatic carbocycles. The predicted octanol–water partition coefficient (Wildman–Crippen LogP) is 2.91. The molecule has 1 aromatic carbocycles. The summed E-state index contributed by atoms with van der Waals surface area (Å²) in [6, 6.07) is 4.14. The van der Waals surface area contributed by atoms with Gasteiger partial charge in [0.2, 0.25) is 0 Å². The first-order chi connectivity index (χ1) is 19.5. The van der Waals surface area contributed by atoms with Crippen molar-refractivity contribution in [1.82, 2.24) is 38.0 Å². The fourth-order valence-corrected chi connectivity index (χ4v) is 5.01. The largest absolute Gasteiger partial charge is 0.493 e. The number of methoxy groups -OCH3 is 2. The van der Waals surface area contributed by atoms with Crippen LogP contribution in [0.15, 0.2) is 49.2 Å². The summed E-state index contributed by atoms with van der Waals surface area (Å²) in [6.45, 7) is -0.418. The second-order valence-corrected chi connectivity index (χ2v) is 11.0. The number of hydrogen-bond donors (Lipinski definition) is 0. The van der Waals surface area contributed by atoms with Crippen LogP contribution in [0, 0.1) is 11.6 Å². The van der Waals surface area contributed by atoms with Crippen LogP contribution in [0.4, 0.5) is 20.3 Å². The van der Waals surface area contributed by atoms with E-state index in [-0.39, 0.29) is 28.8 Å². The molecule has 0 fully saturated rings. The maximum Gasteiger partial charge on any atom is 0.308 e.